The Kier molecular flexibility index (Phi) is 7.22. The smallest absolute Gasteiger partial charge is 0.243 e. The van der Waals surface area contributed by atoms with E-state index in [9.17, 15) is 13.2 Å². The number of carbonyl (C=O) groups is 1. The average molecular weight is 443 g/mol. The van der Waals surface area contributed by atoms with Crippen LogP contribution >= 0.6 is 0 Å². The molecule has 1 N–H and O–H groups in total. The Labute approximate surface area is 186 Å². The van der Waals surface area contributed by atoms with Crippen LogP contribution in [0.4, 0.5) is 0 Å². The average Bonchev–Trinajstić information content (AvgIpc) is 2.74. The molecule has 168 valence electrons. The number of piperidine rings is 1. The third-order valence-corrected chi connectivity index (χ3v) is 8.05. The second-order valence-electron chi connectivity index (χ2n) is 9.38. The van der Waals surface area contributed by atoms with E-state index in [4.69, 9.17) is 0 Å². The summed E-state index contributed by atoms with van der Waals surface area (Å²) in [5.74, 6) is -0.378. The van der Waals surface area contributed by atoms with Crippen molar-refractivity contribution in [2.75, 3.05) is 13.1 Å². The fourth-order valence-electron chi connectivity index (χ4n) is 4.42. The molecule has 1 aliphatic heterocycles. The van der Waals surface area contributed by atoms with E-state index in [1.807, 2.05) is 32.0 Å². The number of benzene rings is 2. The number of sulfonamides is 1. The second-order valence-corrected chi connectivity index (χ2v) is 11.3. The summed E-state index contributed by atoms with van der Waals surface area (Å²) < 4.78 is 27.5. The summed E-state index contributed by atoms with van der Waals surface area (Å²) in [6.45, 7) is 9.00. The molecule has 0 unspecified atom stereocenters. The second kappa shape index (κ2) is 9.53. The van der Waals surface area contributed by atoms with Crippen molar-refractivity contribution in [3.8, 4) is 0 Å². The maximum absolute atomic E-state index is 13.0. The molecule has 0 radical (unpaired) electrons. The lowest BCUT2D eigenvalue weighted by atomic mass is 9.79. The van der Waals surface area contributed by atoms with Crippen LogP contribution in [0.2, 0.25) is 0 Å². The first-order chi connectivity index (χ1) is 14.6. The van der Waals surface area contributed by atoms with Crippen molar-refractivity contribution in [2.45, 2.75) is 63.3 Å². The molecular formula is C25H34N2O3S. The lowest BCUT2D eigenvalue weighted by molar-refractivity contribution is -0.126. The highest BCUT2D eigenvalue weighted by molar-refractivity contribution is 7.89. The number of hydrogen-bond donors (Lipinski definition) is 1. The molecule has 31 heavy (non-hydrogen) atoms. The van der Waals surface area contributed by atoms with E-state index in [-0.39, 0.29) is 34.7 Å². The van der Waals surface area contributed by atoms with Gasteiger partial charge in [-0.25, -0.2) is 8.42 Å². The zero-order valence-electron chi connectivity index (χ0n) is 19.0. The lowest BCUT2D eigenvalue weighted by Crippen LogP contribution is -2.47. The van der Waals surface area contributed by atoms with E-state index < -0.39 is 10.0 Å². The van der Waals surface area contributed by atoms with Crippen molar-refractivity contribution in [3.63, 3.8) is 0 Å². The number of nitrogens with one attached hydrogen (secondary N) is 1. The molecule has 0 saturated carbocycles. The van der Waals surface area contributed by atoms with E-state index >= 15 is 0 Å². The first-order valence-corrected chi connectivity index (χ1v) is 12.5. The fourth-order valence-corrected chi connectivity index (χ4v) is 5.94. The standard InChI is InChI=1S/C25H34N2O3S/c1-19-12-14-23(15-13-19)31(29,30)27-16-8-9-21(18-27)24(28)26-20(2)17-25(3,4)22-10-6-5-7-11-22/h5-7,10-15,20-21H,8-9,16-18H2,1-4H3,(H,26,28)/t20-,21-/m0/s1. The van der Waals surface area contributed by atoms with Gasteiger partial charge in [0.1, 0.15) is 0 Å². The van der Waals surface area contributed by atoms with Crippen LogP contribution < -0.4 is 5.32 Å². The molecule has 1 aliphatic rings. The Hall–Kier alpha value is -2.18. The van der Waals surface area contributed by atoms with E-state index in [1.165, 1.54) is 9.87 Å². The SMILES string of the molecule is Cc1ccc(S(=O)(=O)N2CCC[C@H](C(=O)N[C@@H](C)CC(C)(C)c3ccccc3)C2)cc1. The van der Waals surface area contributed by atoms with Crippen LogP contribution in [-0.2, 0) is 20.2 Å². The monoisotopic (exact) mass is 442 g/mol. The van der Waals surface area contributed by atoms with Crippen molar-refractivity contribution in [1.29, 1.82) is 0 Å². The van der Waals surface area contributed by atoms with Gasteiger partial charge in [0.15, 0.2) is 0 Å². The normalized spacial score (nSPS) is 19.0. The topological polar surface area (TPSA) is 66.5 Å². The number of rotatable bonds is 7. The third-order valence-electron chi connectivity index (χ3n) is 6.17. The van der Waals surface area contributed by atoms with Gasteiger partial charge < -0.3 is 5.32 Å². The minimum absolute atomic E-state index is 0.00760. The van der Waals surface area contributed by atoms with E-state index in [1.54, 1.807) is 24.3 Å². The Morgan fingerprint density at radius 2 is 1.77 bits per heavy atom. The van der Waals surface area contributed by atoms with E-state index in [0.29, 0.717) is 19.4 Å². The first-order valence-electron chi connectivity index (χ1n) is 11.0. The van der Waals surface area contributed by atoms with Crippen LogP contribution in [0.3, 0.4) is 0 Å². The lowest BCUT2D eigenvalue weighted by Gasteiger charge is -2.33. The third kappa shape index (κ3) is 5.74. The van der Waals surface area contributed by atoms with Crippen molar-refractivity contribution in [2.24, 2.45) is 5.92 Å². The summed E-state index contributed by atoms with van der Waals surface area (Å²) >= 11 is 0. The Morgan fingerprint density at radius 3 is 2.42 bits per heavy atom. The first kappa shape index (κ1) is 23.5. The van der Waals surface area contributed by atoms with Gasteiger partial charge >= 0.3 is 0 Å². The predicted molar refractivity (Wildman–Crippen MR) is 124 cm³/mol. The van der Waals surface area contributed by atoms with Crippen molar-refractivity contribution >= 4 is 15.9 Å². The predicted octanol–water partition coefficient (Wildman–Crippen LogP) is 4.27. The van der Waals surface area contributed by atoms with Gasteiger partial charge in [-0.1, -0.05) is 61.9 Å². The van der Waals surface area contributed by atoms with Crippen LogP contribution in [0.1, 0.15) is 51.2 Å². The molecule has 1 amide bonds. The van der Waals surface area contributed by atoms with Gasteiger partial charge in [0.05, 0.1) is 10.8 Å². The molecule has 2 aromatic carbocycles. The van der Waals surface area contributed by atoms with Crippen LogP contribution in [-0.4, -0.2) is 37.8 Å². The molecule has 1 saturated heterocycles. The maximum Gasteiger partial charge on any atom is 0.243 e. The summed E-state index contributed by atoms with van der Waals surface area (Å²) in [4.78, 5) is 13.2. The number of carbonyl (C=O) groups excluding carboxylic acids is 1. The summed E-state index contributed by atoms with van der Waals surface area (Å²) in [5, 5.41) is 3.13. The Morgan fingerprint density at radius 1 is 1.13 bits per heavy atom. The van der Waals surface area contributed by atoms with Crippen LogP contribution in [0, 0.1) is 12.8 Å². The van der Waals surface area contributed by atoms with Gasteiger partial charge in [0.25, 0.3) is 0 Å². The van der Waals surface area contributed by atoms with Gasteiger partial charge in [-0.3, -0.25) is 4.79 Å². The molecule has 0 spiro atoms. The molecule has 0 aromatic heterocycles. The van der Waals surface area contributed by atoms with Crippen LogP contribution in [0.5, 0.6) is 0 Å². The molecule has 2 aromatic rings. The van der Waals surface area contributed by atoms with Gasteiger partial charge in [0, 0.05) is 19.1 Å². The summed E-state index contributed by atoms with van der Waals surface area (Å²) in [7, 11) is -3.59. The number of hydrogen-bond acceptors (Lipinski definition) is 3. The molecule has 1 heterocycles. The van der Waals surface area contributed by atoms with Crippen molar-refractivity contribution in [3.05, 3.63) is 65.7 Å². The largest absolute Gasteiger partial charge is 0.353 e. The quantitative estimate of drug-likeness (QED) is 0.696. The highest BCUT2D eigenvalue weighted by atomic mass is 32.2. The Balaban J connectivity index is 1.62. The summed E-state index contributed by atoms with van der Waals surface area (Å²) in [6.07, 6.45) is 2.20. The summed E-state index contributed by atoms with van der Waals surface area (Å²) in [5.41, 5.74) is 2.19. The van der Waals surface area contributed by atoms with E-state index in [2.05, 4.69) is 31.3 Å². The van der Waals surface area contributed by atoms with Gasteiger partial charge in [-0.2, -0.15) is 4.31 Å². The molecule has 6 heteroatoms. The molecule has 3 rings (SSSR count). The van der Waals surface area contributed by atoms with Gasteiger partial charge in [-0.05, 0) is 56.2 Å². The zero-order chi connectivity index (χ0) is 22.6. The van der Waals surface area contributed by atoms with Gasteiger partial charge in [-0.15, -0.1) is 0 Å². The zero-order valence-corrected chi connectivity index (χ0v) is 19.8. The fraction of sp³-hybridized carbons (Fsp3) is 0.480. The Bertz CT molecular complexity index is 985. The number of aryl methyl sites for hydroxylation is 1. The molecule has 2 atom stereocenters. The van der Waals surface area contributed by atoms with Crippen LogP contribution in [0.15, 0.2) is 59.5 Å². The molecule has 0 bridgehead atoms. The van der Waals surface area contributed by atoms with Gasteiger partial charge in [0.2, 0.25) is 15.9 Å². The number of nitrogens with zero attached hydrogens (tertiary/aromatic N) is 1. The summed E-state index contributed by atoms with van der Waals surface area (Å²) in [6, 6.07) is 17.2. The maximum atomic E-state index is 13.0. The minimum Gasteiger partial charge on any atom is -0.353 e. The molecule has 5 nitrogen and oxygen atoms in total. The molecule has 0 aliphatic carbocycles. The highest BCUT2D eigenvalue weighted by Crippen LogP contribution is 2.29. The molecule has 1 fully saturated rings. The van der Waals surface area contributed by atoms with Crippen molar-refractivity contribution < 1.29 is 13.2 Å². The van der Waals surface area contributed by atoms with Crippen LogP contribution in [0.25, 0.3) is 0 Å². The van der Waals surface area contributed by atoms with Crippen molar-refractivity contribution in [1.82, 2.24) is 9.62 Å². The number of amides is 1. The molecular weight excluding hydrogens is 408 g/mol. The highest BCUT2D eigenvalue weighted by Gasteiger charge is 2.34. The minimum atomic E-state index is -3.59. The van der Waals surface area contributed by atoms with E-state index in [0.717, 1.165) is 12.0 Å².